The van der Waals surface area contributed by atoms with E-state index in [1.165, 1.54) is 24.4 Å². The maximum absolute atomic E-state index is 12.9. The number of ether oxygens (including phenoxy) is 1. The van der Waals surface area contributed by atoms with Gasteiger partial charge in [-0.2, -0.15) is 13.2 Å². The van der Waals surface area contributed by atoms with Crippen LogP contribution >= 0.6 is 0 Å². The van der Waals surface area contributed by atoms with Crippen molar-refractivity contribution in [1.82, 2.24) is 4.57 Å². The lowest BCUT2D eigenvalue weighted by Gasteiger charge is -2.42. The fourth-order valence-corrected chi connectivity index (χ4v) is 3.81. The molecular formula is C17H16F3NO5S. The lowest BCUT2D eigenvalue weighted by molar-refractivity contribution is -0.0644. The van der Waals surface area contributed by atoms with E-state index < -0.39 is 43.5 Å². The summed E-state index contributed by atoms with van der Waals surface area (Å²) in [6, 6.07) is 5.78. The van der Waals surface area contributed by atoms with Gasteiger partial charge in [0, 0.05) is 17.8 Å². The number of fused-ring (bicyclic) bond motifs is 1. The molecule has 0 radical (unpaired) electrons. The first kappa shape index (κ1) is 19.4. The van der Waals surface area contributed by atoms with Crippen LogP contribution in [0, 0.1) is 0 Å². The smallest absolute Gasteiger partial charge is 0.485 e. The summed E-state index contributed by atoms with van der Waals surface area (Å²) in [6.45, 7) is 3.11. The van der Waals surface area contributed by atoms with E-state index in [4.69, 9.17) is 4.74 Å². The highest BCUT2D eigenvalue weighted by Crippen LogP contribution is 2.43. The Kier molecular flexibility index (Phi) is 4.39. The summed E-state index contributed by atoms with van der Waals surface area (Å²) in [4.78, 5) is 11.3. The topological polar surface area (TPSA) is 85.6 Å². The van der Waals surface area contributed by atoms with Crippen molar-refractivity contribution in [3.8, 4) is 5.75 Å². The Balaban J connectivity index is 2.27. The van der Waals surface area contributed by atoms with Gasteiger partial charge in [-0.3, -0.25) is 4.79 Å². The number of hydrogen-bond acceptors (Lipinski definition) is 5. The third kappa shape index (κ3) is 3.12. The highest BCUT2D eigenvalue weighted by Gasteiger charge is 2.49. The molecule has 1 aliphatic heterocycles. The molecule has 10 heteroatoms. The first-order chi connectivity index (χ1) is 12.4. The number of pyridine rings is 1. The summed E-state index contributed by atoms with van der Waals surface area (Å²) in [6.07, 6.45) is 0.0423. The predicted octanol–water partition coefficient (Wildman–Crippen LogP) is 2.26. The Morgan fingerprint density at radius 1 is 1.19 bits per heavy atom. The SMILES string of the molecule is CC1(C)Oc2ccc(S(=O)(=O)C(F)(F)F)cc2[C@H](n2ccccc2=O)[C@H]1O. The Labute approximate surface area is 152 Å². The highest BCUT2D eigenvalue weighted by atomic mass is 32.2. The van der Waals surface area contributed by atoms with Gasteiger partial charge in [0.1, 0.15) is 17.5 Å². The van der Waals surface area contributed by atoms with Crippen LogP contribution in [0.2, 0.25) is 0 Å². The fourth-order valence-electron chi connectivity index (χ4n) is 3.02. The standard InChI is InChI=1S/C17H16F3NO5S/c1-16(2)15(23)14(21-8-4-3-5-13(21)22)11-9-10(6-7-12(11)26-16)27(24,25)17(18,19)20/h3-9,14-15,23H,1-2H3/t14-,15+/m0/s1. The van der Waals surface area contributed by atoms with E-state index in [1.807, 2.05) is 0 Å². The van der Waals surface area contributed by atoms with Gasteiger partial charge in [-0.1, -0.05) is 6.07 Å². The minimum absolute atomic E-state index is 0.0274. The normalized spacial score (nSPS) is 22.0. The van der Waals surface area contributed by atoms with Crippen LogP contribution in [0.1, 0.15) is 25.5 Å². The van der Waals surface area contributed by atoms with Crippen molar-refractivity contribution in [2.45, 2.75) is 42.0 Å². The van der Waals surface area contributed by atoms with Gasteiger partial charge in [0.2, 0.25) is 0 Å². The molecule has 2 atom stereocenters. The van der Waals surface area contributed by atoms with Crippen molar-refractivity contribution in [2.24, 2.45) is 0 Å². The van der Waals surface area contributed by atoms with Gasteiger partial charge >= 0.3 is 5.51 Å². The predicted molar refractivity (Wildman–Crippen MR) is 89.2 cm³/mol. The second-order valence-corrected chi connectivity index (χ2v) is 8.63. The zero-order chi connectivity index (χ0) is 20.2. The summed E-state index contributed by atoms with van der Waals surface area (Å²) in [5, 5.41) is 10.7. The summed E-state index contributed by atoms with van der Waals surface area (Å²) in [5.41, 5.74) is -7.18. The van der Waals surface area contributed by atoms with Crippen molar-refractivity contribution < 1.29 is 31.4 Å². The average Bonchev–Trinajstić information content (AvgIpc) is 2.55. The van der Waals surface area contributed by atoms with Gasteiger partial charge in [-0.15, -0.1) is 0 Å². The van der Waals surface area contributed by atoms with Crippen LogP contribution in [0.25, 0.3) is 0 Å². The van der Waals surface area contributed by atoms with Gasteiger partial charge < -0.3 is 14.4 Å². The van der Waals surface area contributed by atoms with Crippen LogP contribution in [0.3, 0.4) is 0 Å². The third-order valence-corrected chi connectivity index (χ3v) is 5.93. The van der Waals surface area contributed by atoms with E-state index in [2.05, 4.69) is 0 Å². The number of rotatable bonds is 2. The Hall–Kier alpha value is -2.33. The Bertz CT molecular complexity index is 1040. The number of hydrogen-bond donors (Lipinski definition) is 1. The van der Waals surface area contributed by atoms with Gasteiger partial charge in [0.15, 0.2) is 0 Å². The molecule has 1 N–H and O–H groups in total. The molecule has 146 valence electrons. The molecule has 27 heavy (non-hydrogen) atoms. The van der Waals surface area contributed by atoms with Crippen LogP contribution in [-0.2, 0) is 9.84 Å². The number of halogens is 3. The van der Waals surface area contributed by atoms with Crippen molar-refractivity contribution in [2.75, 3.05) is 0 Å². The molecule has 0 bridgehead atoms. The van der Waals surface area contributed by atoms with Crippen molar-refractivity contribution >= 4 is 9.84 Å². The van der Waals surface area contributed by atoms with Crippen molar-refractivity contribution in [3.05, 3.63) is 58.5 Å². The minimum atomic E-state index is -5.60. The van der Waals surface area contributed by atoms with Crippen molar-refractivity contribution in [3.63, 3.8) is 0 Å². The van der Waals surface area contributed by atoms with Crippen LogP contribution in [0.4, 0.5) is 13.2 Å². The molecular weight excluding hydrogens is 387 g/mol. The molecule has 6 nitrogen and oxygen atoms in total. The first-order valence-electron chi connectivity index (χ1n) is 7.86. The van der Waals surface area contributed by atoms with E-state index in [1.54, 1.807) is 13.8 Å². The van der Waals surface area contributed by atoms with Crippen molar-refractivity contribution in [1.29, 1.82) is 0 Å². The molecule has 0 saturated heterocycles. The molecule has 3 rings (SSSR count). The monoisotopic (exact) mass is 403 g/mol. The van der Waals surface area contributed by atoms with Crippen LogP contribution in [-0.4, -0.2) is 35.3 Å². The molecule has 2 aromatic rings. The molecule has 0 spiro atoms. The molecule has 0 fully saturated rings. The van der Waals surface area contributed by atoms with Gasteiger partial charge in [-0.25, -0.2) is 8.42 Å². The largest absolute Gasteiger partial charge is 0.501 e. The average molecular weight is 403 g/mol. The number of nitrogens with zero attached hydrogens (tertiary/aromatic N) is 1. The minimum Gasteiger partial charge on any atom is -0.485 e. The molecule has 0 unspecified atom stereocenters. The maximum Gasteiger partial charge on any atom is 0.501 e. The Morgan fingerprint density at radius 2 is 1.85 bits per heavy atom. The third-order valence-electron chi connectivity index (χ3n) is 4.45. The quantitative estimate of drug-likeness (QED) is 0.832. The number of benzene rings is 1. The van der Waals surface area contributed by atoms with E-state index in [9.17, 15) is 31.5 Å². The molecule has 0 aliphatic carbocycles. The fraction of sp³-hybridized carbons (Fsp3) is 0.353. The lowest BCUT2D eigenvalue weighted by Crippen LogP contribution is -2.52. The summed E-state index contributed by atoms with van der Waals surface area (Å²) in [5.74, 6) is 0.0900. The lowest BCUT2D eigenvalue weighted by atomic mass is 9.86. The molecule has 0 amide bonds. The number of aliphatic hydroxyl groups is 1. The number of aliphatic hydroxyl groups excluding tert-OH is 1. The van der Waals surface area contributed by atoms with E-state index in [0.29, 0.717) is 0 Å². The van der Waals surface area contributed by atoms with Crippen LogP contribution < -0.4 is 10.3 Å². The summed E-state index contributed by atoms with van der Waals surface area (Å²) < 4.78 is 69.0. The van der Waals surface area contributed by atoms with E-state index >= 15 is 0 Å². The number of alkyl halides is 3. The zero-order valence-electron chi connectivity index (χ0n) is 14.3. The molecule has 1 aromatic carbocycles. The van der Waals surface area contributed by atoms with Crippen LogP contribution in [0.15, 0.2) is 52.3 Å². The van der Waals surface area contributed by atoms with E-state index in [0.717, 1.165) is 22.8 Å². The molecule has 1 aliphatic rings. The number of aromatic nitrogens is 1. The van der Waals surface area contributed by atoms with Crippen LogP contribution in [0.5, 0.6) is 5.75 Å². The number of sulfone groups is 1. The van der Waals surface area contributed by atoms with Gasteiger partial charge in [0.05, 0.1) is 10.9 Å². The zero-order valence-corrected chi connectivity index (χ0v) is 15.1. The Morgan fingerprint density at radius 3 is 2.44 bits per heavy atom. The summed E-state index contributed by atoms with van der Waals surface area (Å²) >= 11 is 0. The first-order valence-corrected chi connectivity index (χ1v) is 9.34. The molecule has 0 saturated carbocycles. The summed E-state index contributed by atoms with van der Waals surface area (Å²) in [7, 11) is -5.60. The molecule has 1 aromatic heterocycles. The molecule has 2 heterocycles. The van der Waals surface area contributed by atoms with Gasteiger partial charge in [0.25, 0.3) is 15.4 Å². The van der Waals surface area contributed by atoms with E-state index in [-0.39, 0.29) is 11.3 Å². The highest BCUT2D eigenvalue weighted by molar-refractivity contribution is 7.92. The second-order valence-electron chi connectivity index (χ2n) is 6.69. The maximum atomic E-state index is 12.9. The van der Waals surface area contributed by atoms with Gasteiger partial charge in [-0.05, 0) is 38.1 Å². The second kappa shape index (κ2) is 6.10.